The fraction of sp³-hybridized carbons (Fsp3) is 0.244. The van der Waals surface area contributed by atoms with Crippen molar-refractivity contribution >= 4 is 103 Å². The van der Waals surface area contributed by atoms with Gasteiger partial charge in [0, 0.05) is 39.9 Å². The summed E-state index contributed by atoms with van der Waals surface area (Å²) in [5, 5.41) is 10.5. The van der Waals surface area contributed by atoms with Gasteiger partial charge in [-0.15, -0.1) is 0 Å². The van der Waals surface area contributed by atoms with Crippen LogP contribution in [-0.2, 0) is 52.2 Å². The number of nitrogens with zero attached hydrogens (tertiary/aromatic N) is 3. The number of carbonyl (C=O) groups excluding carboxylic acids is 3. The number of carbonyl (C=O) groups is 3. The lowest BCUT2D eigenvalue weighted by Crippen LogP contribution is -2.40. The summed E-state index contributed by atoms with van der Waals surface area (Å²) in [6.07, 6.45) is -4.64. The molecule has 21 heteroatoms. The summed E-state index contributed by atoms with van der Waals surface area (Å²) >= 11 is 6.68. The molecule has 8 atom stereocenters. The Kier molecular flexibility index (Phi) is 20.6. The maximum absolute atomic E-state index is 13.6. The quantitative estimate of drug-likeness (QED) is 0.0833. The third-order valence-corrected chi connectivity index (χ3v) is 21.3. The zero-order valence-corrected chi connectivity index (χ0v) is 59.2. The summed E-state index contributed by atoms with van der Waals surface area (Å²) in [5.41, 5.74) is 10.0. The van der Waals surface area contributed by atoms with Gasteiger partial charge >= 0.3 is 18.5 Å². The number of amides is 3. The number of anilines is 3. The average Bonchev–Trinajstić information content (AvgIpc) is 1.65. The van der Waals surface area contributed by atoms with Crippen molar-refractivity contribution in [1.82, 2.24) is 16.0 Å². The van der Waals surface area contributed by atoms with E-state index in [1.165, 1.54) is 69.8 Å². The fourth-order valence-corrected chi connectivity index (χ4v) is 16.3. The summed E-state index contributed by atoms with van der Waals surface area (Å²) in [4.78, 5) is 45.6. The lowest BCUT2D eigenvalue weighted by atomic mass is 10.0. The van der Waals surface area contributed by atoms with Crippen LogP contribution in [0.4, 0.5) is 56.6 Å². The van der Waals surface area contributed by atoms with E-state index < -0.39 is 53.3 Å². The van der Waals surface area contributed by atoms with Gasteiger partial charge in [-0.1, -0.05) is 109 Å². The van der Waals surface area contributed by atoms with Gasteiger partial charge in [-0.3, -0.25) is 29.9 Å². The largest absolute Gasteiger partial charge is 0.416 e. The minimum absolute atomic E-state index is 0.0283. The molecule has 9 aromatic rings. The molecule has 3 amide bonds. The Hall–Kier alpha value is -7.59. The fourth-order valence-electron chi connectivity index (χ4n) is 14.6. The van der Waals surface area contributed by atoms with E-state index >= 15 is 0 Å². The summed E-state index contributed by atoms with van der Waals surface area (Å²) in [6.45, 7) is 0. The number of rotatable bonds is 12. The van der Waals surface area contributed by atoms with Crippen LogP contribution in [0.3, 0.4) is 0 Å². The Morgan fingerprint density at radius 2 is 0.697 bits per heavy atom. The molecule has 3 heterocycles. The Morgan fingerprint density at radius 1 is 0.364 bits per heavy atom. The summed E-state index contributed by atoms with van der Waals surface area (Å²) < 4.78 is 121. The number of hydrogen-bond acceptors (Lipinski definition) is 6. The van der Waals surface area contributed by atoms with Crippen LogP contribution in [0.15, 0.2) is 230 Å². The molecule has 3 N–H and O–H groups in total. The number of halogens is 12. The predicted octanol–water partition coefficient (Wildman–Crippen LogP) is 19.4. The molecule has 0 aromatic heterocycles. The van der Waals surface area contributed by atoms with E-state index in [0.29, 0.717) is 35.6 Å². The molecule has 3 aliphatic carbocycles. The van der Waals surface area contributed by atoms with Crippen LogP contribution in [0.5, 0.6) is 0 Å². The molecular weight excluding hydrogens is 1620 g/mol. The van der Waals surface area contributed by atoms with E-state index in [2.05, 4.69) is 120 Å². The Morgan fingerprint density at radius 3 is 1.07 bits per heavy atom. The first-order valence-corrected chi connectivity index (χ1v) is 35.7. The molecule has 6 aliphatic rings. The van der Waals surface area contributed by atoms with Crippen LogP contribution in [0.25, 0.3) is 0 Å². The van der Waals surface area contributed by atoms with Gasteiger partial charge < -0.3 is 15.1 Å². The standard InChI is InChI=1S/2C26H22F3IN2O.C26H20F3IN2O/c3*27-26(28,29)18-9-11-20(12-10-18)32-24(17-5-3-6-19(30)14-17)15-23(25(32)33)31-22-13-8-16-4-1-2-7-21(16)22/h2*1-7,9-12,14,22-24,31H,8,13,15H2;1-7,9-12,14-15,22,24,31H,8,13H2/t22-,23+,24-;22-,23-,24-;22-,24-/m000/s1. The maximum Gasteiger partial charge on any atom is 0.416 e. The molecule has 15 rings (SSSR count). The number of alkyl halides is 9. The minimum Gasteiger partial charge on any atom is -0.374 e. The van der Waals surface area contributed by atoms with Gasteiger partial charge in [0.2, 0.25) is 11.8 Å². The molecule has 0 unspecified atom stereocenters. The smallest absolute Gasteiger partial charge is 0.374 e. The van der Waals surface area contributed by atoms with E-state index in [-0.39, 0.29) is 47.9 Å². The summed E-state index contributed by atoms with van der Waals surface area (Å²) in [6, 6.07) is 61.4. The first kappa shape index (κ1) is 69.9. The molecule has 2 fully saturated rings. The third-order valence-electron chi connectivity index (χ3n) is 19.3. The molecule has 9 nitrogen and oxygen atoms in total. The van der Waals surface area contributed by atoms with Crippen molar-refractivity contribution in [2.45, 2.75) is 118 Å². The lowest BCUT2D eigenvalue weighted by molar-refractivity contribution is -0.138. The van der Waals surface area contributed by atoms with Gasteiger partial charge in [-0.2, -0.15) is 39.5 Å². The number of aryl methyl sites for hydroxylation is 3. The van der Waals surface area contributed by atoms with E-state index in [0.717, 1.165) is 102 Å². The Labute approximate surface area is 608 Å². The number of benzene rings is 9. The van der Waals surface area contributed by atoms with Gasteiger partial charge in [-0.05, 0) is 284 Å². The SMILES string of the molecule is O=C1C(N[C@H]2CCc3ccccc32)=C[C@@H](c2cccc(I)c2)N1c1ccc(C(F)(F)F)cc1.O=C1[C@@H](N[C@H]2CCc3ccccc32)C[C@@H](c2cccc(I)c2)N1c1ccc(C(F)(F)F)cc1.O=C1[C@H](N[C@H]2CCc3ccccc32)C[C@@H](c2cccc(I)c2)N1c1ccc(C(F)(F)F)cc1. The van der Waals surface area contributed by atoms with Crippen molar-refractivity contribution < 1.29 is 53.9 Å². The maximum atomic E-state index is 13.6. The van der Waals surface area contributed by atoms with Crippen molar-refractivity contribution in [3.8, 4) is 0 Å². The number of hydrogen-bond donors (Lipinski definition) is 3. The van der Waals surface area contributed by atoms with Gasteiger partial charge in [0.15, 0.2) is 0 Å². The highest BCUT2D eigenvalue weighted by atomic mass is 127. The van der Waals surface area contributed by atoms with Crippen LogP contribution in [0, 0.1) is 10.7 Å². The second kappa shape index (κ2) is 29.2. The van der Waals surface area contributed by atoms with Crippen LogP contribution in [0.1, 0.15) is 135 Å². The van der Waals surface area contributed by atoms with E-state index in [9.17, 15) is 53.9 Å². The molecular formula is C78H64F9I3N6O3. The second-order valence-electron chi connectivity index (χ2n) is 25.4. The van der Waals surface area contributed by atoms with Crippen LogP contribution >= 0.6 is 67.8 Å². The third kappa shape index (κ3) is 15.4. The molecule has 99 heavy (non-hydrogen) atoms. The van der Waals surface area contributed by atoms with E-state index in [1.54, 1.807) is 14.7 Å². The van der Waals surface area contributed by atoms with Crippen molar-refractivity contribution in [3.05, 3.63) is 308 Å². The Balaban J connectivity index is 0.000000133. The molecule has 508 valence electrons. The highest BCUT2D eigenvalue weighted by Gasteiger charge is 2.46. The van der Waals surface area contributed by atoms with Crippen molar-refractivity contribution in [1.29, 1.82) is 0 Å². The van der Waals surface area contributed by atoms with Crippen molar-refractivity contribution in [3.63, 3.8) is 0 Å². The molecule has 9 aromatic carbocycles. The first-order valence-electron chi connectivity index (χ1n) is 32.4. The van der Waals surface area contributed by atoms with Crippen molar-refractivity contribution in [2.75, 3.05) is 14.7 Å². The zero-order valence-electron chi connectivity index (χ0n) is 52.7. The molecule has 0 bridgehead atoms. The second-order valence-corrected chi connectivity index (χ2v) is 29.1. The van der Waals surface area contributed by atoms with E-state index in [1.807, 2.05) is 115 Å². The Bertz CT molecular complexity index is 4230. The van der Waals surface area contributed by atoms with Gasteiger partial charge in [0.05, 0.1) is 58.6 Å². The number of nitrogens with one attached hydrogen (secondary N) is 3. The predicted molar refractivity (Wildman–Crippen MR) is 389 cm³/mol. The molecule has 2 saturated heterocycles. The highest BCUT2D eigenvalue weighted by Crippen LogP contribution is 2.45. The van der Waals surface area contributed by atoms with Crippen LogP contribution in [-0.4, -0.2) is 29.8 Å². The molecule has 0 spiro atoms. The average molecular weight is 1690 g/mol. The molecule has 3 aliphatic heterocycles. The van der Waals surface area contributed by atoms with E-state index in [4.69, 9.17) is 0 Å². The highest BCUT2D eigenvalue weighted by molar-refractivity contribution is 14.1. The van der Waals surface area contributed by atoms with Crippen LogP contribution in [0.2, 0.25) is 0 Å². The van der Waals surface area contributed by atoms with Crippen molar-refractivity contribution in [2.24, 2.45) is 0 Å². The minimum atomic E-state index is -4.43. The number of fused-ring (bicyclic) bond motifs is 3. The van der Waals surface area contributed by atoms with Gasteiger partial charge in [0.25, 0.3) is 5.91 Å². The summed E-state index contributed by atoms with van der Waals surface area (Å²) in [7, 11) is 0. The molecule has 0 radical (unpaired) electrons. The van der Waals surface area contributed by atoms with Crippen LogP contribution < -0.4 is 30.7 Å². The first-order chi connectivity index (χ1) is 47.4. The topological polar surface area (TPSA) is 97.0 Å². The monoisotopic (exact) mass is 1680 g/mol. The van der Waals surface area contributed by atoms with Gasteiger partial charge in [-0.25, -0.2) is 0 Å². The van der Waals surface area contributed by atoms with Gasteiger partial charge in [0.1, 0.15) is 0 Å². The molecule has 0 saturated carbocycles. The lowest BCUT2D eigenvalue weighted by Gasteiger charge is -2.26. The zero-order chi connectivity index (χ0) is 69.5. The normalized spacial score (nSPS) is 21.8. The summed E-state index contributed by atoms with van der Waals surface area (Å²) in [5.74, 6) is -0.464.